The van der Waals surface area contributed by atoms with Gasteiger partial charge in [-0.3, -0.25) is 4.90 Å². The lowest BCUT2D eigenvalue weighted by Gasteiger charge is -2.43. The number of ether oxygens (including phenoxy) is 2. The van der Waals surface area contributed by atoms with Crippen molar-refractivity contribution in [2.24, 2.45) is 0 Å². The molecule has 0 aliphatic carbocycles. The number of thiophene rings is 1. The molecular weight excluding hydrogens is 738 g/mol. The standard InChI is InChI=1S/C37H33ClF2N10O3S/c1-20-10-37(11-21(2)14-48(37)13-20)17-53-34-45-30-23(9-25(38)28(29(30)40)22-3-4-26(39)31-27(22)24(12-41)32(42)54-31)33(46-34)47-6-5-36(15-47)16-52-8-7-49(36)35(51)50-19-43-18-44-50/h3-4,9,18-19H,1-2,5-8,10-11,13-17,42H2/t36-/m1/s1. The largest absolute Gasteiger partial charge is 0.461 e. The first kappa shape index (κ1) is 34.6. The van der Waals surface area contributed by atoms with Crippen LogP contribution in [-0.2, 0) is 4.74 Å². The summed E-state index contributed by atoms with van der Waals surface area (Å²) in [6, 6.07) is 5.83. The SMILES string of the molecule is C=C1CN2CC(=C)CC2(COc2nc(N3CC[C@]4(COCCN4C(=O)n4cncn4)C3)c3cc(Cl)c(-c4ccc(F)c5sc(N)c(C#N)c45)c(F)c3n2)C1. The number of anilines is 2. The zero-order valence-corrected chi connectivity index (χ0v) is 30.5. The summed E-state index contributed by atoms with van der Waals surface area (Å²) in [7, 11) is 0. The number of benzene rings is 2. The van der Waals surface area contributed by atoms with Crippen LogP contribution in [0.4, 0.5) is 24.4 Å². The van der Waals surface area contributed by atoms with Crippen molar-refractivity contribution in [1.29, 1.82) is 5.26 Å². The van der Waals surface area contributed by atoms with Crippen LogP contribution < -0.4 is 15.4 Å². The number of aromatic nitrogens is 5. The Labute approximate surface area is 316 Å². The number of hydrogen-bond donors (Lipinski definition) is 1. The maximum atomic E-state index is 17.3. The first-order chi connectivity index (χ1) is 26.0. The van der Waals surface area contributed by atoms with Gasteiger partial charge in [-0.05, 0) is 37.0 Å². The Hall–Kier alpha value is -5.21. The molecule has 2 aromatic carbocycles. The van der Waals surface area contributed by atoms with Gasteiger partial charge in [0.15, 0.2) is 5.82 Å². The molecule has 5 aromatic rings. The molecule has 0 bridgehead atoms. The number of morpholine rings is 1. The fraction of sp³-hybridized carbons (Fsp3) is 0.351. The number of amides is 1. The number of fused-ring (bicyclic) bond motifs is 3. The number of halogens is 3. The fourth-order valence-electron chi connectivity index (χ4n) is 8.71. The molecule has 9 rings (SSSR count). The molecule has 1 spiro atoms. The van der Waals surface area contributed by atoms with Crippen molar-refractivity contribution in [3.05, 3.63) is 77.4 Å². The smallest absolute Gasteiger partial charge is 0.346 e. The van der Waals surface area contributed by atoms with Crippen molar-refractivity contribution in [2.75, 3.05) is 63.2 Å². The Morgan fingerprint density at radius 1 is 1.19 bits per heavy atom. The number of nitrogens with two attached hydrogens (primary N) is 1. The van der Waals surface area contributed by atoms with Crippen molar-refractivity contribution in [2.45, 2.75) is 30.3 Å². The highest BCUT2D eigenvalue weighted by Gasteiger charge is 2.50. The van der Waals surface area contributed by atoms with Gasteiger partial charge in [0.1, 0.15) is 47.5 Å². The summed E-state index contributed by atoms with van der Waals surface area (Å²) in [6.07, 6.45) is 4.63. The van der Waals surface area contributed by atoms with Crippen molar-refractivity contribution in [3.8, 4) is 23.2 Å². The number of rotatable bonds is 5. The maximum absolute atomic E-state index is 17.3. The van der Waals surface area contributed by atoms with Crippen LogP contribution in [0.5, 0.6) is 6.01 Å². The van der Waals surface area contributed by atoms with Gasteiger partial charge in [-0.15, -0.1) is 11.3 Å². The first-order valence-corrected chi connectivity index (χ1v) is 18.5. The Morgan fingerprint density at radius 3 is 2.72 bits per heavy atom. The van der Waals surface area contributed by atoms with E-state index in [9.17, 15) is 10.1 Å². The third-order valence-corrected chi connectivity index (χ3v) is 12.4. The molecule has 17 heteroatoms. The molecule has 7 heterocycles. The minimum atomic E-state index is -0.797. The highest BCUT2D eigenvalue weighted by Crippen LogP contribution is 2.47. The monoisotopic (exact) mass is 770 g/mol. The van der Waals surface area contributed by atoms with Crippen molar-refractivity contribution in [3.63, 3.8) is 0 Å². The first-order valence-electron chi connectivity index (χ1n) is 17.3. The van der Waals surface area contributed by atoms with Crippen molar-refractivity contribution >= 4 is 60.8 Å². The van der Waals surface area contributed by atoms with Crippen LogP contribution in [0.25, 0.3) is 32.1 Å². The number of carbonyl (C=O) groups is 1. The molecule has 4 aliphatic rings. The lowest BCUT2D eigenvalue weighted by molar-refractivity contribution is -0.0354. The normalized spacial score (nSPS) is 21.1. The van der Waals surface area contributed by atoms with Crippen molar-refractivity contribution < 1.29 is 23.0 Å². The second-order valence-corrected chi connectivity index (χ2v) is 15.9. The van der Waals surface area contributed by atoms with E-state index in [1.165, 1.54) is 29.5 Å². The van der Waals surface area contributed by atoms with Gasteiger partial charge in [0, 0.05) is 49.1 Å². The molecule has 0 unspecified atom stereocenters. The lowest BCUT2D eigenvalue weighted by atomic mass is 9.92. The molecule has 3 aromatic heterocycles. The van der Waals surface area contributed by atoms with Crippen molar-refractivity contribution in [1.82, 2.24) is 34.5 Å². The second kappa shape index (κ2) is 12.7. The average Bonchev–Trinajstić information content (AvgIpc) is 3.98. The summed E-state index contributed by atoms with van der Waals surface area (Å²) in [5.74, 6) is -1.03. The van der Waals surface area contributed by atoms with Gasteiger partial charge in [-0.1, -0.05) is 42.0 Å². The molecule has 4 saturated heterocycles. The Kier molecular flexibility index (Phi) is 8.12. The molecule has 4 aliphatic heterocycles. The zero-order valence-electron chi connectivity index (χ0n) is 28.9. The molecule has 276 valence electrons. The van der Waals surface area contributed by atoms with Gasteiger partial charge >= 0.3 is 12.0 Å². The van der Waals surface area contributed by atoms with Crippen LogP contribution in [0.15, 0.2) is 55.2 Å². The van der Waals surface area contributed by atoms with Crippen LogP contribution in [0.2, 0.25) is 5.02 Å². The molecule has 1 atom stereocenters. The number of nitriles is 1. The van der Waals surface area contributed by atoms with E-state index in [0.29, 0.717) is 43.9 Å². The second-order valence-electron chi connectivity index (χ2n) is 14.5. The van der Waals surface area contributed by atoms with Gasteiger partial charge in [-0.25, -0.2) is 18.6 Å². The highest BCUT2D eigenvalue weighted by molar-refractivity contribution is 7.23. The Balaban J connectivity index is 1.17. The summed E-state index contributed by atoms with van der Waals surface area (Å²) in [4.78, 5) is 33.1. The lowest BCUT2D eigenvalue weighted by Crippen LogP contribution is -2.61. The third-order valence-electron chi connectivity index (χ3n) is 11.0. The molecular formula is C37H33ClF2N10O3S. The third kappa shape index (κ3) is 5.32. The van der Waals surface area contributed by atoms with E-state index in [4.69, 9.17) is 31.8 Å². The predicted octanol–water partition coefficient (Wildman–Crippen LogP) is 5.78. The summed E-state index contributed by atoms with van der Waals surface area (Å²) >= 11 is 7.85. The molecule has 1 amide bonds. The Morgan fingerprint density at radius 2 is 1.98 bits per heavy atom. The molecule has 13 nitrogen and oxygen atoms in total. The van der Waals surface area contributed by atoms with Crippen LogP contribution in [0, 0.1) is 23.0 Å². The van der Waals surface area contributed by atoms with E-state index in [2.05, 4.69) is 33.1 Å². The molecule has 0 radical (unpaired) electrons. The van der Waals surface area contributed by atoms with Gasteiger partial charge in [0.05, 0.1) is 39.6 Å². The average molecular weight is 771 g/mol. The zero-order chi connectivity index (χ0) is 37.5. The number of carbonyl (C=O) groups excluding carboxylic acids is 1. The summed E-state index contributed by atoms with van der Waals surface area (Å²) in [5.41, 5.74) is 7.28. The number of nitrogen functional groups attached to an aromatic ring is 1. The number of nitrogens with zero attached hydrogens (tertiary/aromatic N) is 9. The predicted molar refractivity (Wildman–Crippen MR) is 200 cm³/mol. The van der Waals surface area contributed by atoms with Gasteiger partial charge in [0.25, 0.3) is 0 Å². The van der Waals surface area contributed by atoms with Crippen LogP contribution in [0.3, 0.4) is 0 Å². The molecule has 2 N–H and O–H groups in total. The minimum absolute atomic E-state index is 0.00134. The van der Waals surface area contributed by atoms with E-state index in [1.807, 2.05) is 11.0 Å². The molecule has 0 saturated carbocycles. The van der Waals surface area contributed by atoms with Gasteiger partial charge < -0.3 is 25.0 Å². The van der Waals surface area contributed by atoms with E-state index in [1.54, 1.807) is 11.0 Å². The molecule has 4 fully saturated rings. The fourth-order valence-corrected chi connectivity index (χ4v) is 9.95. The van der Waals surface area contributed by atoms with Crippen LogP contribution in [-0.4, -0.2) is 104 Å². The van der Waals surface area contributed by atoms with Crippen LogP contribution >= 0.6 is 22.9 Å². The van der Waals surface area contributed by atoms with Gasteiger partial charge in [-0.2, -0.15) is 25.0 Å². The summed E-state index contributed by atoms with van der Waals surface area (Å²) in [6.45, 7) is 11.8. The van der Waals surface area contributed by atoms with E-state index in [-0.39, 0.29) is 73.1 Å². The number of hydrogen-bond acceptors (Lipinski definition) is 12. The van der Waals surface area contributed by atoms with E-state index < -0.39 is 17.2 Å². The summed E-state index contributed by atoms with van der Waals surface area (Å²) in [5, 5.41) is 14.6. The van der Waals surface area contributed by atoms with E-state index in [0.717, 1.165) is 48.4 Å². The quantitative estimate of drug-likeness (QED) is 0.217. The Bertz CT molecular complexity index is 2450. The maximum Gasteiger partial charge on any atom is 0.346 e. The molecule has 54 heavy (non-hydrogen) atoms. The van der Waals surface area contributed by atoms with Crippen LogP contribution in [0.1, 0.15) is 24.8 Å². The topological polar surface area (TPSA) is 152 Å². The minimum Gasteiger partial charge on any atom is -0.461 e. The van der Waals surface area contributed by atoms with Gasteiger partial charge in [0.2, 0.25) is 0 Å². The highest BCUT2D eigenvalue weighted by atomic mass is 35.5. The summed E-state index contributed by atoms with van der Waals surface area (Å²) < 4.78 is 46.0. The van der Waals surface area contributed by atoms with E-state index >= 15 is 8.78 Å².